The zero-order chi connectivity index (χ0) is 18.9. The van der Waals surface area contributed by atoms with E-state index in [1.165, 1.54) is 15.6 Å². The minimum absolute atomic E-state index is 0. The fourth-order valence-electron chi connectivity index (χ4n) is 2.75. The van der Waals surface area contributed by atoms with Crippen LogP contribution >= 0.6 is 23.7 Å². The van der Waals surface area contributed by atoms with Gasteiger partial charge < -0.3 is 14.4 Å². The summed E-state index contributed by atoms with van der Waals surface area (Å²) in [5, 5.41) is 3.43. The Labute approximate surface area is 176 Å². The smallest absolute Gasteiger partial charge is 0.338 e. The maximum absolute atomic E-state index is 11.9. The number of thiophene rings is 1. The molecule has 0 fully saturated rings. The number of carbonyl (C=O) groups is 1. The average molecular weight is 420 g/mol. The predicted molar refractivity (Wildman–Crippen MR) is 118 cm³/mol. The van der Waals surface area contributed by atoms with Crippen LogP contribution in [0.4, 0.5) is 0 Å². The minimum Gasteiger partial charge on any atom is -0.461 e. The summed E-state index contributed by atoms with van der Waals surface area (Å²) in [7, 11) is 2.00. The first kappa shape index (κ1) is 22.4. The van der Waals surface area contributed by atoms with Gasteiger partial charge in [0.25, 0.3) is 0 Å². The van der Waals surface area contributed by atoms with Crippen LogP contribution in [0.1, 0.15) is 15.9 Å². The lowest BCUT2D eigenvalue weighted by atomic mass is 10.1. The normalized spacial score (nSPS) is 10.8. The van der Waals surface area contributed by atoms with Crippen LogP contribution in [0.3, 0.4) is 0 Å². The van der Waals surface area contributed by atoms with E-state index in [9.17, 15) is 4.79 Å². The number of fused-ring (bicyclic) bond motifs is 1. The first-order valence-corrected chi connectivity index (χ1v) is 10.0. The monoisotopic (exact) mass is 419 g/mol. The number of hydrogen-bond donors (Lipinski definition) is 0. The number of rotatable bonds is 10. The quantitative estimate of drug-likeness (QED) is 0.353. The molecule has 0 radical (unpaired) electrons. The number of carbonyl (C=O) groups excluding carboxylic acids is 1. The third-order valence-corrected chi connectivity index (χ3v) is 5.28. The van der Waals surface area contributed by atoms with E-state index in [0.717, 1.165) is 13.0 Å². The van der Waals surface area contributed by atoms with Gasteiger partial charge in [-0.25, -0.2) is 4.79 Å². The number of likely N-dealkylation sites (N-methyl/N-ethyl adjacent to an activating group) is 1. The molecule has 3 rings (SSSR count). The van der Waals surface area contributed by atoms with Gasteiger partial charge in [0, 0.05) is 17.8 Å². The molecule has 0 N–H and O–H groups in total. The summed E-state index contributed by atoms with van der Waals surface area (Å²) >= 11 is 1.77. The van der Waals surface area contributed by atoms with Gasteiger partial charge in [0.05, 0.1) is 18.8 Å². The van der Waals surface area contributed by atoms with Crippen molar-refractivity contribution in [3.63, 3.8) is 0 Å². The molecule has 0 spiro atoms. The van der Waals surface area contributed by atoms with Crippen molar-refractivity contribution in [2.45, 2.75) is 6.42 Å². The van der Waals surface area contributed by atoms with Gasteiger partial charge in [0.15, 0.2) is 0 Å². The first-order chi connectivity index (χ1) is 13.2. The molecule has 0 bridgehead atoms. The summed E-state index contributed by atoms with van der Waals surface area (Å²) in [4.78, 5) is 14.0. The first-order valence-electron chi connectivity index (χ1n) is 9.17. The molecule has 28 heavy (non-hydrogen) atoms. The van der Waals surface area contributed by atoms with E-state index in [4.69, 9.17) is 9.47 Å². The van der Waals surface area contributed by atoms with Crippen molar-refractivity contribution in [1.82, 2.24) is 4.90 Å². The van der Waals surface area contributed by atoms with Gasteiger partial charge in [0.1, 0.15) is 6.61 Å². The number of hydrogen-bond acceptors (Lipinski definition) is 5. The zero-order valence-corrected chi connectivity index (χ0v) is 17.6. The summed E-state index contributed by atoms with van der Waals surface area (Å²) in [6, 6.07) is 17.8. The number of esters is 1. The summed E-state index contributed by atoms with van der Waals surface area (Å²) in [5.41, 5.74) is 1.89. The Morgan fingerprint density at radius 1 is 1.00 bits per heavy atom. The van der Waals surface area contributed by atoms with Gasteiger partial charge in [-0.3, -0.25) is 0 Å². The highest BCUT2D eigenvalue weighted by atomic mass is 35.5. The van der Waals surface area contributed by atoms with Gasteiger partial charge in [-0.05, 0) is 54.1 Å². The van der Waals surface area contributed by atoms with E-state index in [0.29, 0.717) is 31.9 Å². The van der Waals surface area contributed by atoms with Crippen molar-refractivity contribution in [1.29, 1.82) is 0 Å². The van der Waals surface area contributed by atoms with Gasteiger partial charge in [-0.1, -0.05) is 30.3 Å². The highest BCUT2D eigenvalue weighted by Crippen LogP contribution is 2.21. The molecular weight excluding hydrogens is 394 g/mol. The average Bonchev–Trinajstić information content (AvgIpc) is 3.16. The summed E-state index contributed by atoms with van der Waals surface area (Å²) in [5.74, 6) is -0.275. The molecule has 0 aliphatic heterocycles. The van der Waals surface area contributed by atoms with E-state index in [2.05, 4.69) is 34.5 Å². The molecule has 3 aromatic rings. The van der Waals surface area contributed by atoms with E-state index in [1.54, 1.807) is 23.5 Å². The standard InChI is InChI=1S/C22H25NO3S.ClH/c1-23(12-15-26-22(24)19-5-3-2-4-6-19)11-14-25-13-9-18-7-8-21-20(17-18)10-16-27-21;/h2-8,10,16-17H,9,11-15H2,1H3;1H. The van der Waals surface area contributed by atoms with Gasteiger partial charge in [0.2, 0.25) is 0 Å². The zero-order valence-electron chi connectivity index (χ0n) is 16.0. The lowest BCUT2D eigenvalue weighted by Gasteiger charge is -2.16. The Kier molecular flexibility index (Phi) is 9.44. The number of halogens is 1. The van der Waals surface area contributed by atoms with E-state index in [-0.39, 0.29) is 18.4 Å². The Hall–Kier alpha value is -1.92. The molecule has 6 heteroatoms. The number of nitrogens with zero attached hydrogens (tertiary/aromatic N) is 1. The molecule has 0 aliphatic carbocycles. The van der Waals surface area contributed by atoms with Crippen LogP contribution in [0.15, 0.2) is 60.0 Å². The maximum atomic E-state index is 11.9. The maximum Gasteiger partial charge on any atom is 0.338 e. The van der Waals surface area contributed by atoms with Crippen LogP contribution in [0, 0.1) is 0 Å². The Balaban J connectivity index is 0.00000280. The topological polar surface area (TPSA) is 38.8 Å². The second-order valence-corrected chi connectivity index (χ2v) is 7.41. The predicted octanol–water partition coefficient (Wildman–Crippen LogP) is 4.67. The van der Waals surface area contributed by atoms with E-state index >= 15 is 0 Å². The molecule has 1 heterocycles. The van der Waals surface area contributed by atoms with Crippen molar-refractivity contribution in [2.75, 3.05) is 40.0 Å². The molecule has 0 saturated carbocycles. The van der Waals surface area contributed by atoms with Crippen molar-refractivity contribution in [3.05, 3.63) is 71.1 Å². The van der Waals surface area contributed by atoms with Crippen LogP contribution in [-0.2, 0) is 15.9 Å². The van der Waals surface area contributed by atoms with Crippen LogP contribution in [0.5, 0.6) is 0 Å². The van der Waals surface area contributed by atoms with Crippen LogP contribution in [-0.4, -0.2) is 50.8 Å². The Morgan fingerprint density at radius 2 is 1.79 bits per heavy atom. The Morgan fingerprint density at radius 3 is 2.61 bits per heavy atom. The SMILES string of the molecule is CN(CCOCCc1ccc2sccc2c1)CCOC(=O)c1ccccc1.Cl. The molecule has 2 aromatic carbocycles. The summed E-state index contributed by atoms with van der Waals surface area (Å²) < 4.78 is 12.4. The Bertz CT molecular complexity index is 853. The molecule has 150 valence electrons. The second-order valence-electron chi connectivity index (χ2n) is 6.46. The highest BCUT2D eigenvalue weighted by Gasteiger charge is 2.06. The molecule has 0 amide bonds. The summed E-state index contributed by atoms with van der Waals surface area (Å²) in [6.07, 6.45) is 0.921. The third-order valence-electron chi connectivity index (χ3n) is 4.38. The summed E-state index contributed by atoms with van der Waals surface area (Å²) in [6.45, 7) is 3.27. The minimum atomic E-state index is -0.275. The largest absolute Gasteiger partial charge is 0.461 e. The van der Waals surface area contributed by atoms with Crippen molar-refractivity contribution < 1.29 is 14.3 Å². The van der Waals surface area contributed by atoms with Gasteiger partial charge in [-0.2, -0.15) is 0 Å². The molecule has 1 aromatic heterocycles. The molecule has 4 nitrogen and oxygen atoms in total. The molecule has 0 saturated heterocycles. The van der Waals surface area contributed by atoms with Crippen molar-refractivity contribution in [3.8, 4) is 0 Å². The van der Waals surface area contributed by atoms with Gasteiger partial charge in [-0.15, -0.1) is 23.7 Å². The van der Waals surface area contributed by atoms with Crippen molar-refractivity contribution >= 4 is 39.8 Å². The van der Waals surface area contributed by atoms with Gasteiger partial charge >= 0.3 is 5.97 Å². The number of benzene rings is 2. The van der Waals surface area contributed by atoms with Crippen molar-refractivity contribution in [2.24, 2.45) is 0 Å². The molecule has 0 aliphatic rings. The second kappa shape index (κ2) is 11.8. The molecule has 0 atom stereocenters. The lowest BCUT2D eigenvalue weighted by Crippen LogP contribution is -2.28. The lowest BCUT2D eigenvalue weighted by molar-refractivity contribution is 0.0454. The van der Waals surface area contributed by atoms with Crippen LogP contribution in [0.2, 0.25) is 0 Å². The highest BCUT2D eigenvalue weighted by molar-refractivity contribution is 7.17. The van der Waals surface area contributed by atoms with E-state index in [1.807, 2.05) is 25.2 Å². The fourth-order valence-corrected chi connectivity index (χ4v) is 3.52. The number of ether oxygens (including phenoxy) is 2. The van der Waals surface area contributed by atoms with E-state index < -0.39 is 0 Å². The van der Waals surface area contributed by atoms with Crippen LogP contribution < -0.4 is 0 Å². The van der Waals surface area contributed by atoms with Crippen LogP contribution in [0.25, 0.3) is 10.1 Å². The molecule has 0 unspecified atom stereocenters. The third kappa shape index (κ3) is 6.91. The fraction of sp³-hybridized carbons (Fsp3) is 0.318. The molecular formula is C22H26ClNO3S.